The maximum absolute atomic E-state index is 12.2. The summed E-state index contributed by atoms with van der Waals surface area (Å²) in [5, 5.41) is 20.8. The number of carbonyl (C=O) groups is 1. The summed E-state index contributed by atoms with van der Waals surface area (Å²) in [5.41, 5.74) is 2.73. The van der Waals surface area contributed by atoms with Gasteiger partial charge in [-0.15, -0.1) is 0 Å². The molecule has 196 valence electrons. The highest BCUT2D eigenvalue weighted by Gasteiger charge is 2.37. The average Bonchev–Trinajstić information content (AvgIpc) is 3.48. The number of nitrogens with zero attached hydrogens (tertiary/aromatic N) is 4. The van der Waals surface area contributed by atoms with Crippen molar-refractivity contribution >= 4 is 23.4 Å². The number of esters is 1. The fraction of sp³-hybridized carbons (Fsp3) is 0.321. The number of aryl methyl sites for hydroxylation is 1. The number of carbonyl (C=O) groups excluding carboxylic acids is 1. The number of unbranched alkanes of at least 4 members (excludes halogenated alkanes) is 1. The van der Waals surface area contributed by atoms with Crippen LogP contribution in [0.1, 0.15) is 67.0 Å². The summed E-state index contributed by atoms with van der Waals surface area (Å²) in [6.07, 6.45) is 4.30. The molecule has 2 aromatic heterocycles. The van der Waals surface area contributed by atoms with Crippen LogP contribution in [-0.4, -0.2) is 37.8 Å². The molecule has 5 rings (SSSR count). The topological polar surface area (TPSA) is 135 Å². The number of benzene rings is 2. The first-order valence-corrected chi connectivity index (χ1v) is 12.6. The number of nitrogens with one attached hydrogen (secondary N) is 2. The second-order valence-corrected chi connectivity index (χ2v) is 9.65. The van der Waals surface area contributed by atoms with Gasteiger partial charge < -0.3 is 25.0 Å². The summed E-state index contributed by atoms with van der Waals surface area (Å²) in [6.45, 7) is 5.65. The number of aromatic nitrogens is 4. The Kier molecular flexibility index (Phi) is 7.06. The molecule has 1 atom stereocenters. The van der Waals surface area contributed by atoms with Crippen molar-refractivity contribution in [3.8, 4) is 11.5 Å². The molecule has 0 amide bonds. The van der Waals surface area contributed by atoms with E-state index in [2.05, 4.69) is 32.7 Å². The first kappa shape index (κ1) is 25.3. The standard InChI is InChI=1S/C28H30N6O4/c1-4-5-11-23-32-25(38-34-23)20-15-29-27(33-24(20)31-22(16-35)17-9-7-6-8-10-17)30-18-12-13-19-21(14-18)28(2,3)37-26(19)36/h6-10,12-15,22,35H,4-5,11,16H2,1-3H3,(H2,29,30,31,33)/t22-/m1/s1. The number of fused-ring (bicyclic) bond motifs is 1. The van der Waals surface area contributed by atoms with Crippen LogP contribution in [0.4, 0.5) is 17.5 Å². The third kappa shape index (κ3) is 5.21. The third-order valence-corrected chi connectivity index (χ3v) is 6.43. The van der Waals surface area contributed by atoms with Crippen molar-refractivity contribution in [2.45, 2.75) is 51.7 Å². The predicted octanol–water partition coefficient (Wildman–Crippen LogP) is 5.16. The fourth-order valence-electron chi connectivity index (χ4n) is 4.36. The zero-order valence-electron chi connectivity index (χ0n) is 21.6. The molecule has 0 fully saturated rings. The Morgan fingerprint density at radius 1 is 1.08 bits per heavy atom. The molecule has 0 unspecified atom stereocenters. The number of aliphatic hydroxyl groups is 1. The van der Waals surface area contributed by atoms with Crippen molar-refractivity contribution < 1.29 is 19.2 Å². The number of hydrogen-bond donors (Lipinski definition) is 3. The Morgan fingerprint density at radius 3 is 2.66 bits per heavy atom. The van der Waals surface area contributed by atoms with Crippen molar-refractivity contribution in [1.29, 1.82) is 0 Å². The third-order valence-electron chi connectivity index (χ3n) is 6.43. The molecule has 0 aliphatic carbocycles. The Balaban J connectivity index is 1.48. The number of hydrogen-bond acceptors (Lipinski definition) is 10. The van der Waals surface area contributed by atoms with Crippen LogP contribution in [0.5, 0.6) is 0 Å². The zero-order valence-corrected chi connectivity index (χ0v) is 21.6. The maximum atomic E-state index is 12.2. The van der Waals surface area contributed by atoms with E-state index in [9.17, 15) is 9.90 Å². The number of anilines is 3. The van der Waals surface area contributed by atoms with Gasteiger partial charge in [-0.05, 0) is 44.0 Å². The van der Waals surface area contributed by atoms with Crippen LogP contribution in [0, 0.1) is 0 Å². The molecule has 0 bridgehead atoms. The molecular formula is C28H30N6O4. The lowest BCUT2D eigenvalue weighted by Gasteiger charge is -2.20. The van der Waals surface area contributed by atoms with Crippen LogP contribution < -0.4 is 10.6 Å². The molecule has 1 aliphatic rings. The molecule has 2 aromatic carbocycles. The molecule has 0 spiro atoms. The zero-order chi connectivity index (χ0) is 26.7. The van der Waals surface area contributed by atoms with Gasteiger partial charge in [-0.1, -0.05) is 48.8 Å². The largest absolute Gasteiger partial charge is 0.451 e. The van der Waals surface area contributed by atoms with Crippen molar-refractivity contribution in [3.05, 3.63) is 77.2 Å². The quantitative estimate of drug-likeness (QED) is 0.243. The maximum Gasteiger partial charge on any atom is 0.339 e. The van der Waals surface area contributed by atoms with Gasteiger partial charge in [0.2, 0.25) is 5.95 Å². The minimum absolute atomic E-state index is 0.157. The van der Waals surface area contributed by atoms with Crippen LogP contribution in [0.3, 0.4) is 0 Å². The summed E-state index contributed by atoms with van der Waals surface area (Å²) in [7, 11) is 0. The Labute approximate surface area is 220 Å². The van der Waals surface area contributed by atoms with E-state index in [1.807, 2.05) is 50.2 Å². The molecule has 10 heteroatoms. The Bertz CT molecular complexity index is 1440. The van der Waals surface area contributed by atoms with Gasteiger partial charge in [0, 0.05) is 23.9 Å². The minimum Gasteiger partial charge on any atom is -0.451 e. The van der Waals surface area contributed by atoms with E-state index in [4.69, 9.17) is 14.2 Å². The monoisotopic (exact) mass is 514 g/mol. The van der Waals surface area contributed by atoms with Gasteiger partial charge in [-0.25, -0.2) is 9.78 Å². The lowest BCUT2D eigenvalue weighted by atomic mass is 9.95. The molecule has 38 heavy (non-hydrogen) atoms. The lowest BCUT2D eigenvalue weighted by Crippen LogP contribution is -2.17. The predicted molar refractivity (Wildman–Crippen MR) is 142 cm³/mol. The van der Waals surface area contributed by atoms with E-state index in [1.165, 1.54) is 0 Å². The van der Waals surface area contributed by atoms with Gasteiger partial charge >= 0.3 is 5.97 Å². The van der Waals surface area contributed by atoms with Gasteiger partial charge in [0.05, 0.1) is 18.2 Å². The van der Waals surface area contributed by atoms with Crippen LogP contribution in [0.15, 0.2) is 59.3 Å². The van der Waals surface area contributed by atoms with E-state index >= 15 is 0 Å². The van der Waals surface area contributed by atoms with Crippen molar-refractivity contribution in [2.24, 2.45) is 0 Å². The highest BCUT2D eigenvalue weighted by Crippen LogP contribution is 2.38. The van der Waals surface area contributed by atoms with Crippen molar-refractivity contribution in [2.75, 3.05) is 17.2 Å². The molecule has 0 radical (unpaired) electrons. The van der Waals surface area contributed by atoms with Gasteiger partial charge in [0.25, 0.3) is 5.89 Å². The van der Waals surface area contributed by atoms with Crippen LogP contribution in [-0.2, 0) is 16.8 Å². The molecule has 4 aromatic rings. The molecule has 0 saturated carbocycles. The highest BCUT2D eigenvalue weighted by atomic mass is 16.6. The second kappa shape index (κ2) is 10.6. The van der Waals surface area contributed by atoms with Gasteiger partial charge in [0.1, 0.15) is 17.0 Å². The van der Waals surface area contributed by atoms with Gasteiger partial charge in [0.15, 0.2) is 5.82 Å². The minimum atomic E-state index is -0.723. The van der Waals surface area contributed by atoms with Crippen molar-refractivity contribution in [3.63, 3.8) is 0 Å². The van der Waals surface area contributed by atoms with Crippen LogP contribution >= 0.6 is 0 Å². The van der Waals surface area contributed by atoms with Crippen LogP contribution in [0.2, 0.25) is 0 Å². The lowest BCUT2D eigenvalue weighted by molar-refractivity contribution is 0.00954. The summed E-state index contributed by atoms with van der Waals surface area (Å²) in [6, 6.07) is 14.6. The molecular weight excluding hydrogens is 484 g/mol. The number of rotatable bonds is 10. The normalized spacial score (nSPS) is 14.6. The molecule has 3 heterocycles. The Morgan fingerprint density at radius 2 is 1.89 bits per heavy atom. The molecule has 1 aliphatic heterocycles. The van der Waals surface area contributed by atoms with Gasteiger partial charge in [-0.3, -0.25) is 0 Å². The second-order valence-electron chi connectivity index (χ2n) is 9.65. The number of ether oxygens (including phenoxy) is 1. The summed E-state index contributed by atoms with van der Waals surface area (Å²) < 4.78 is 11.0. The molecule has 3 N–H and O–H groups in total. The molecule has 10 nitrogen and oxygen atoms in total. The van der Waals surface area contributed by atoms with Gasteiger partial charge in [-0.2, -0.15) is 9.97 Å². The van der Waals surface area contributed by atoms with E-state index in [0.717, 1.165) is 24.0 Å². The summed E-state index contributed by atoms with van der Waals surface area (Å²) >= 11 is 0. The molecule has 0 saturated heterocycles. The fourth-order valence-corrected chi connectivity index (χ4v) is 4.36. The smallest absolute Gasteiger partial charge is 0.339 e. The van der Waals surface area contributed by atoms with Crippen LogP contribution in [0.25, 0.3) is 11.5 Å². The van der Waals surface area contributed by atoms with Crippen molar-refractivity contribution in [1.82, 2.24) is 20.1 Å². The van der Waals surface area contributed by atoms with E-state index in [-0.39, 0.29) is 12.6 Å². The summed E-state index contributed by atoms with van der Waals surface area (Å²) in [5.74, 6) is 1.32. The van der Waals surface area contributed by atoms with E-state index in [0.29, 0.717) is 46.7 Å². The number of cyclic esters (lactones) is 1. The van der Waals surface area contributed by atoms with E-state index < -0.39 is 11.6 Å². The first-order chi connectivity index (χ1) is 18.4. The highest BCUT2D eigenvalue weighted by molar-refractivity contribution is 5.95. The average molecular weight is 515 g/mol. The SMILES string of the molecule is CCCCc1noc(-c2cnc(Nc3ccc4c(c3)C(C)(C)OC4=O)nc2N[C@H](CO)c2ccccc2)n1. The number of aliphatic hydroxyl groups excluding tert-OH is 1. The first-order valence-electron chi connectivity index (χ1n) is 12.6. The summed E-state index contributed by atoms with van der Waals surface area (Å²) in [4.78, 5) is 25.9. The van der Waals surface area contributed by atoms with E-state index in [1.54, 1.807) is 18.3 Å². The Hall–Kier alpha value is -4.31.